The molecule has 2 aromatic rings. The van der Waals surface area contributed by atoms with E-state index in [4.69, 9.17) is 11.5 Å². The van der Waals surface area contributed by atoms with Crippen molar-refractivity contribution in [3.8, 4) is 0 Å². The van der Waals surface area contributed by atoms with Crippen LogP contribution in [0.15, 0.2) is 58.3 Å². The van der Waals surface area contributed by atoms with E-state index < -0.39 is 0 Å². The molecule has 0 unspecified atom stereocenters. The summed E-state index contributed by atoms with van der Waals surface area (Å²) in [4.78, 5) is 2.25. The van der Waals surface area contributed by atoms with Gasteiger partial charge in [-0.15, -0.1) is 0 Å². The topological polar surface area (TPSA) is 64.1 Å². The number of hydrogen-bond acceptors (Lipinski definition) is 5. The predicted molar refractivity (Wildman–Crippen MR) is 76.6 cm³/mol. The molecule has 0 amide bonds. The number of anilines is 2. The lowest BCUT2D eigenvalue weighted by molar-refractivity contribution is 1.43. The van der Waals surface area contributed by atoms with Crippen molar-refractivity contribution in [2.45, 2.75) is 9.79 Å². The lowest BCUT2D eigenvalue weighted by atomic mass is 10.3. The monoisotopic (exact) mass is 263 g/mol. The van der Waals surface area contributed by atoms with E-state index in [1.165, 1.54) is 0 Å². The Morgan fingerprint density at radius 1 is 0.647 bits per heavy atom. The van der Waals surface area contributed by atoms with Gasteiger partial charge in [-0.25, -0.2) is 0 Å². The van der Waals surface area contributed by atoms with Gasteiger partial charge in [0.25, 0.3) is 0 Å². The van der Waals surface area contributed by atoms with Crippen LogP contribution in [-0.2, 0) is 0 Å². The van der Waals surface area contributed by atoms with Crippen molar-refractivity contribution in [3.05, 3.63) is 48.5 Å². The first-order valence-electron chi connectivity index (χ1n) is 5.04. The van der Waals surface area contributed by atoms with Crippen molar-refractivity contribution in [2.24, 2.45) is 0 Å². The van der Waals surface area contributed by atoms with E-state index in [0.717, 1.165) is 21.2 Å². The van der Waals surface area contributed by atoms with Crippen molar-refractivity contribution in [3.63, 3.8) is 0 Å². The van der Waals surface area contributed by atoms with E-state index in [2.05, 4.69) is 4.13 Å². The Kier molecular flexibility index (Phi) is 4.19. The third-order valence-corrected chi connectivity index (χ3v) is 3.76. The summed E-state index contributed by atoms with van der Waals surface area (Å²) in [5.41, 5.74) is 12.8. The molecular weight excluding hydrogens is 250 g/mol. The summed E-state index contributed by atoms with van der Waals surface area (Å²) in [6.07, 6.45) is 0. The predicted octanol–water partition coefficient (Wildman–Crippen LogP) is 3.16. The number of nitrogens with one attached hydrogen (secondary N) is 1. The van der Waals surface area contributed by atoms with Crippen molar-refractivity contribution in [1.29, 1.82) is 0 Å². The second kappa shape index (κ2) is 5.86. The molecule has 0 radical (unpaired) electrons. The molecule has 0 atom stereocenters. The van der Waals surface area contributed by atoms with Gasteiger partial charge in [-0.2, -0.15) is 4.13 Å². The van der Waals surface area contributed by atoms with Gasteiger partial charge in [-0.05, 0) is 72.4 Å². The van der Waals surface area contributed by atoms with Crippen LogP contribution in [0.3, 0.4) is 0 Å². The average molecular weight is 263 g/mol. The van der Waals surface area contributed by atoms with E-state index in [-0.39, 0.29) is 0 Å². The van der Waals surface area contributed by atoms with E-state index in [1.807, 2.05) is 48.5 Å². The van der Waals surface area contributed by atoms with Crippen LogP contribution in [0.25, 0.3) is 0 Å². The summed E-state index contributed by atoms with van der Waals surface area (Å²) >= 11 is 3.11. The fourth-order valence-corrected chi connectivity index (χ4v) is 2.67. The van der Waals surface area contributed by atoms with E-state index >= 15 is 0 Å². The molecule has 0 heterocycles. The number of nitrogen functional groups attached to an aromatic ring is 2. The van der Waals surface area contributed by atoms with Crippen LogP contribution in [0, 0.1) is 0 Å². The first-order valence-corrected chi connectivity index (χ1v) is 6.67. The number of nitrogens with two attached hydrogens (primary N) is 2. The molecule has 0 fully saturated rings. The molecule has 2 aromatic carbocycles. The second-order valence-corrected chi connectivity index (χ2v) is 5.44. The molecule has 88 valence electrons. The first-order chi connectivity index (χ1) is 8.24. The van der Waals surface area contributed by atoms with Crippen LogP contribution >= 0.6 is 23.9 Å². The molecule has 0 aliphatic heterocycles. The molecule has 3 nitrogen and oxygen atoms in total. The Labute approximate surface area is 109 Å². The number of benzene rings is 2. The third-order valence-electron chi connectivity index (χ3n) is 2.08. The zero-order valence-electron chi connectivity index (χ0n) is 9.09. The van der Waals surface area contributed by atoms with E-state index in [0.29, 0.717) is 0 Å². The molecule has 2 rings (SSSR count). The van der Waals surface area contributed by atoms with Gasteiger partial charge in [0.1, 0.15) is 0 Å². The molecule has 0 aliphatic rings. The van der Waals surface area contributed by atoms with Crippen molar-refractivity contribution < 1.29 is 0 Å². The van der Waals surface area contributed by atoms with Gasteiger partial charge in [0.15, 0.2) is 0 Å². The SMILES string of the molecule is Nc1ccc(SNSc2ccc(N)cc2)cc1. The minimum Gasteiger partial charge on any atom is -0.399 e. The maximum absolute atomic E-state index is 5.61. The lowest BCUT2D eigenvalue weighted by Crippen LogP contribution is -1.91. The average Bonchev–Trinajstić information content (AvgIpc) is 2.34. The normalized spacial score (nSPS) is 10.4. The highest BCUT2D eigenvalue weighted by molar-refractivity contribution is 8.12. The van der Waals surface area contributed by atoms with Crippen LogP contribution in [-0.4, -0.2) is 0 Å². The fraction of sp³-hybridized carbons (Fsp3) is 0. The van der Waals surface area contributed by atoms with E-state index in [1.54, 1.807) is 23.9 Å². The highest BCUT2D eigenvalue weighted by Gasteiger charge is 1.96. The Morgan fingerprint density at radius 2 is 1.00 bits per heavy atom. The van der Waals surface area contributed by atoms with Gasteiger partial charge in [-0.3, -0.25) is 0 Å². The van der Waals surface area contributed by atoms with Crippen LogP contribution in [0.2, 0.25) is 0 Å². The van der Waals surface area contributed by atoms with Crippen molar-refractivity contribution in [2.75, 3.05) is 11.5 Å². The molecule has 17 heavy (non-hydrogen) atoms. The Hall–Kier alpha value is -1.30. The molecule has 0 saturated heterocycles. The summed E-state index contributed by atoms with van der Waals surface area (Å²) in [6.45, 7) is 0. The Bertz CT molecular complexity index is 423. The highest BCUT2D eigenvalue weighted by atomic mass is 32.2. The van der Waals surface area contributed by atoms with Crippen molar-refractivity contribution in [1.82, 2.24) is 4.13 Å². The lowest BCUT2D eigenvalue weighted by Gasteiger charge is -2.04. The summed E-state index contributed by atoms with van der Waals surface area (Å²) in [7, 11) is 0. The van der Waals surface area contributed by atoms with Gasteiger partial charge in [0, 0.05) is 21.2 Å². The summed E-state index contributed by atoms with van der Waals surface area (Å²) in [6, 6.07) is 15.5. The van der Waals surface area contributed by atoms with Crippen LogP contribution < -0.4 is 15.6 Å². The fourth-order valence-electron chi connectivity index (χ4n) is 1.19. The maximum Gasteiger partial charge on any atom is 0.0314 e. The summed E-state index contributed by atoms with van der Waals surface area (Å²) < 4.78 is 3.21. The van der Waals surface area contributed by atoms with Gasteiger partial charge in [0.2, 0.25) is 0 Å². The molecule has 0 spiro atoms. The zero-order chi connectivity index (χ0) is 12.1. The van der Waals surface area contributed by atoms with Crippen LogP contribution in [0.4, 0.5) is 11.4 Å². The smallest absolute Gasteiger partial charge is 0.0314 e. The standard InChI is InChI=1S/C12H13N3S2/c13-9-1-5-11(6-2-9)16-15-17-12-7-3-10(14)4-8-12/h1-8,15H,13-14H2. The minimum atomic E-state index is 0.778. The molecular formula is C12H13N3S2. The second-order valence-electron chi connectivity index (χ2n) is 3.43. The number of hydrogen-bond donors (Lipinski definition) is 3. The maximum atomic E-state index is 5.61. The zero-order valence-corrected chi connectivity index (χ0v) is 10.7. The minimum absolute atomic E-state index is 0.778. The van der Waals surface area contributed by atoms with Crippen molar-refractivity contribution >= 4 is 35.3 Å². The Morgan fingerprint density at radius 3 is 1.35 bits per heavy atom. The third kappa shape index (κ3) is 3.89. The Balaban J connectivity index is 1.83. The van der Waals surface area contributed by atoms with Gasteiger partial charge < -0.3 is 11.5 Å². The molecule has 5 N–H and O–H groups in total. The molecule has 0 aromatic heterocycles. The molecule has 5 heteroatoms. The molecule has 0 aliphatic carbocycles. The molecule has 0 bridgehead atoms. The van der Waals surface area contributed by atoms with Crippen LogP contribution in [0.5, 0.6) is 0 Å². The largest absolute Gasteiger partial charge is 0.399 e. The summed E-state index contributed by atoms with van der Waals surface area (Å²) in [5, 5.41) is 0. The molecule has 0 saturated carbocycles. The quantitative estimate of drug-likeness (QED) is 0.584. The first kappa shape index (κ1) is 12.2. The summed E-state index contributed by atoms with van der Waals surface area (Å²) in [5.74, 6) is 0. The van der Waals surface area contributed by atoms with Gasteiger partial charge in [-0.1, -0.05) is 0 Å². The van der Waals surface area contributed by atoms with Gasteiger partial charge >= 0.3 is 0 Å². The highest BCUT2D eigenvalue weighted by Crippen LogP contribution is 2.23. The van der Waals surface area contributed by atoms with Crippen LogP contribution in [0.1, 0.15) is 0 Å². The number of rotatable bonds is 4. The van der Waals surface area contributed by atoms with E-state index in [9.17, 15) is 0 Å². The van der Waals surface area contributed by atoms with Gasteiger partial charge in [0.05, 0.1) is 0 Å².